The molecule has 15 heteroatoms. The number of hydrogen-bond acceptors (Lipinski definition) is 10. The third kappa shape index (κ3) is 6.20. The van der Waals surface area contributed by atoms with E-state index in [4.69, 9.17) is 5.73 Å². The number of nitro groups is 2. The van der Waals surface area contributed by atoms with Crippen LogP contribution in [0.5, 0.6) is 0 Å². The van der Waals surface area contributed by atoms with E-state index in [2.05, 4.69) is 26.9 Å². The van der Waals surface area contributed by atoms with Crippen LogP contribution in [-0.4, -0.2) is 46.5 Å². The zero-order chi connectivity index (χ0) is 24.5. The molecule has 0 aliphatic carbocycles. The highest BCUT2D eigenvalue weighted by Gasteiger charge is 2.38. The molecule has 2 rings (SSSR count). The topological polar surface area (TPSA) is 208 Å². The van der Waals surface area contributed by atoms with Crippen molar-refractivity contribution < 1.29 is 29.0 Å². The second-order valence-corrected chi connectivity index (χ2v) is 6.19. The molecule has 0 heterocycles. The summed E-state index contributed by atoms with van der Waals surface area (Å²) < 4.78 is 0.795. The number of nitro benzene ring substituents is 2. The van der Waals surface area contributed by atoms with Gasteiger partial charge in [-0.2, -0.15) is 5.10 Å². The average Bonchev–Trinajstić information content (AvgIpc) is 2.77. The molecule has 1 unspecified atom stereocenters. The maximum absolute atomic E-state index is 12.0. The van der Waals surface area contributed by atoms with E-state index in [1.54, 1.807) is 0 Å². The Labute approximate surface area is 185 Å². The Hall–Kier alpha value is -5.08. The molecule has 0 bridgehead atoms. The highest BCUT2D eigenvalue weighted by atomic mass is 16.7. The Morgan fingerprint density at radius 1 is 1.18 bits per heavy atom. The molecule has 0 aliphatic rings. The predicted molar refractivity (Wildman–Crippen MR) is 113 cm³/mol. The number of rotatable bonds is 9. The quantitative estimate of drug-likeness (QED) is 0.188. The molecular weight excluding hydrogens is 440 g/mol. The van der Waals surface area contributed by atoms with Crippen LogP contribution in [-0.2, 0) is 9.63 Å². The highest BCUT2D eigenvalue weighted by molar-refractivity contribution is 5.84. The van der Waals surface area contributed by atoms with Crippen molar-refractivity contribution >= 4 is 42.0 Å². The van der Waals surface area contributed by atoms with E-state index in [9.17, 15) is 29.8 Å². The van der Waals surface area contributed by atoms with Gasteiger partial charge in [-0.15, -0.1) is 0 Å². The van der Waals surface area contributed by atoms with E-state index in [1.165, 1.54) is 43.4 Å². The van der Waals surface area contributed by atoms with Gasteiger partial charge in [0.05, 0.1) is 21.7 Å². The molecule has 2 amide bonds. The smallest absolute Gasteiger partial charge is 0.363 e. The van der Waals surface area contributed by atoms with Gasteiger partial charge >= 0.3 is 6.09 Å². The first-order valence-corrected chi connectivity index (χ1v) is 8.87. The average molecular weight is 457 g/mol. The van der Waals surface area contributed by atoms with Crippen molar-refractivity contribution in [3.63, 3.8) is 0 Å². The van der Waals surface area contributed by atoms with Gasteiger partial charge in [0.2, 0.25) is 0 Å². The first-order valence-electron chi connectivity index (χ1n) is 8.87. The number of likely N-dealkylation sites (N-methyl/N-ethyl adjacent to an activating group) is 1. The van der Waals surface area contributed by atoms with Crippen molar-refractivity contribution in [2.75, 3.05) is 7.05 Å². The zero-order valence-corrected chi connectivity index (χ0v) is 17.0. The summed E-state index contributed by atoms with van der Waals surface area (Å²) in [6.45, 7) is 3.32. The molecule has 0 saturated heterocycles. The SMILES string of the molecule is C=Nc1cccc([N+](=O)[O-])c1C(C(N)=O)[N+](C)=NOC(=O)N/N=C/c1cccc([N+](=O)[O-])c1. The van der Waals surface area contributed by atoms with Gasteiger partial charge in [0.25, 0.3) is 23.3 Å². The molecule has 2 aromatic carbocycles. The minimum Gasteiger partial charge on any atom is -0.363 e. The van der Waals surface area contributed by atoms with Crippen LogP contribution in [0.25, 0.3) is 0 Å². The number of nitrogens with one attached hydrogen (secondary N) is 1. The molecule has 2 aromatic rings. The van der Waals surface area contributed by atoms with Crippen LogP contribution in [0.2, 0.25) is 0 Å². The number of carbonyl (C=O) groups excluding carboxylic acids is 2. The molecule has 0 aliphatic heterocycles. The van der Waals surface area contributed by atoms with Crippen molar-refractivity contribution in [2.24, 2.45) is 21.1 Å². The summed E-state index contributed by atoms with van der Waals surface area (Å²) in [6.07, 6.45) is -0.0594. The van der Waals surface area contributed by atoms with Gasteiger partial charge in [-0.25, -0.2) is 15.1 Å². The van der Waals surface area contributed by atoms with Crippen molar-refractivity contribution in [3.05, 3.63) is 73.8 Å². The lowest BCUT2D eigenvalue weighted by Gasteiger charge is -2.10. The van der Waals surface area contributed by atoms with Gasteiger partial charge in [-0.05, 0) is 12.8 Å². The minimum absolute atomic E-state index is 0.0149. The van der Waals surface area contributed by atoms with Crippen LogP contribution in [0.15, 0.2) is 57.8 Å². The summed E-state index contributed by atoms with van der Waals surface area (Å²) in [7, 11) is 1.19. The summed E-state index contributed by atoms with van der Waals surface area (Å²) >= 11 is 0. The maximum atomic E-state index is 12.0. The van der Waals surface area contributed by atoms with Crippen molar-refractivity contribution in [2.45, 2.75) is 6.04 Å². The fraction of sp³-hybridized carbons (Fsp3) is 0.111. The molecule has 1 atom stereocenters. The third-order valence-electron chi connectivity index (χ3n) is 4.05. The Morgan fingerprint density at radius 3 is 2.48 bits per heavy atom. The van der Waals surface area contributed by atoms with E-state index in [-0.39, 0.29) is 16.9 Å². The molecule has 0 saturated carbocycles. The monoisotopic (exact) mass is 457 g/mol. The molecule has 0 aromatic heterocycles. The van der Waals surface area contributed by atoms with Gasteiger partial charge in [-0.1, -0.05) is 22.9 Å². The van der Waals surface area contributed by atoms with Gasteiger partial charge < -0.3 is 5.73 Å². The summed E-state index contributed by atoms with van der Waals surface area (Å²) in [5.41, 5.74) is 6.88. The Kier molecular flexibility index (Phi) is 7.92. The number of nitrogens with two attached hydrogens (primary N) is 1. The second kappa shape index (κ2) is 10.8. The highest BCUT2D eigenvalue weighted by Crippen LogP contribution is 2.35. The molecule has 15 nitrogen and oxygen atoms in total. The fourth-order valence-electron chi connectivity index (χ4n) is 2.68. The van der Waals surface area contributed by atoms with Crippen LogP contribution >= 0.6 is 0 Å². The molecule has 0 spiro atoms. The number of non-ortho nitro benzene ring substituents is 1. The van der Waals surface area contributed by atoms with Crippen molar-refractivity contribution in [1.82, 2.24) is 5.43 Å². The van der Waals surface area contributed by atoms with Crippen molar-refractivity contribution in [3.8, 4) is 0 Å². The molecule has 0 fully saturated rings. The van der Waals surface area contributed by atoms with Gasteiger partial charge in [0, 0.05) is 23.8 Å². The minimum atomic E-state index is -1.52. The number of hydrazone groups is 1. The Balaban J connectivity index is 2.18. The molecule has 0 radical (unpaired) electrons. The van der Waals surface area contributed by atoms with E-state index >= 15 is 0 Å². The summed E-state index contributed by atoms with van der Waals surface area (Å²) in [6, 6.07) is 7.81. The van der Waals surface area contributed by atoms with Crippen LogP contribution in [0.4, 0.5) is 21.9 Å². The van der Waals surface area contributed by atoms with E-state index in [1.807, 2.05) is 5.43 Å². The molecule has 33 heavy (non-hydrogen) atoms. The van der Waals surface area contributed by atoms with Gasteiger partial charge in [0.1, 0.15) is 5.56 Å². The number of aliphatic imine (C=N–C) groups is 1. The normalized spacial score (nSPS) is 12.1. The van der Waals surface area contributed by atoms with Crippen molar-refractivity contribution in [1.29, 1.82) is 0 Å². The summed E-state index contributed by atoms with van der Waals surface area (Å²) in [5.74, 6) is -1.03. The number of primary amides is 1. The fourth-order valence-corrected chi connectivity index (χ4v) is 2.68. The molecular formula is C18H17N8O7+. The molecule has 170 valence electrons. The van der Waals surface area contributed by atoms with Crippen LogP contribution < -0.4 is 11.2 Å². The number of benzene rings is 2. The first-order chi connectivity index (χ1) is 15.6. The Morgan fingerprint density at radius 2 is 1.88 bits per heavy atom. The van der Waals surface area contributed by atoms with Gasteiger partial charge in [0.15, 0.2) is 12.3 Å². The van der Waals surface area contributed by atoms with E-state index in [0.717, 1.165) is 17.0 Å². The van der Waals surface area contributed by atoms with E-state index < -0.39 is 33.6 Å². The number of nitrogens with zero attached hydrogens (tertiary/aromatic N) is 6. The Bertz CT molecular complexity index is 1180. The van der Waals surface area contributed by atoms with Crippen LogP contribution in [0.1, 0.15) is 17.2 Å². The lowest BCUT2D eigenvalue weighted by Crippen LogP contribution is -2.30. The van der Waals surface area contributed by atoms with Crippen LogP contribution in [0.3, 0.4) is 0 Å². The zero-order valence-electron chi connectivity index (χ0n) is 17.0. The third-order valence-corrected chi connectivity index (χ3v) is 4.05. The predicted octanol–water partition coefficient (Wildman–Crippen LogP) is 2.13. The summed E-state index contributed by atoms with van der Waals surface area (Å²) in [4.78, 5) is 52.9. The first kappa shape index (κ1) is 24.2. The lowest BCUT2D eigenvalue weighted by molar-refractivity contribution is -0.616. The summed E-state index contributed by atoms with van der Waals surface area (Å²) in [5, 5.41) is 29.2. The second-order valence-electron chi connectivity index (χ2n) is 6.19. The van der Waals surface area contributed by atoms with Gasteiger partial charge in [-0.3, -0.25) is 30.0 Å². The largest absolute Gasteiger partial charge is 0.458 e. The lowest BCUT2D eigenvalue weighted by atomic mass is 10.0. The molecule has 3 N–H and O–H groups in total. The van der Waals surface area contributed by atoms with Crippen LogP contribution in [0, 0.1) is 20.2 Å². The number of carbonyl (C=O) groups is 2. The number of hydrogen-bond donors (Lipinski definition) is 2. The van der Waals surface area contributed by atoms with E-state index in [0.29, 0.717) is 5.56 Å². The maximum Gasteiger partial charge on any atom is 0.458 e. The number of amides is 2. The standard InChI is InChI=1S/C18H16N8O7/c1-20-13-7-4-8-14(26(31)32)15(13)16(17(19)27)24(2)23-33-18(28)22-21-10-11-5-3-6-12(9-11)25(29)30/h3-10,16H,1H2,2H3,(H2-,19,22,27,28)/p+1/b21-10+,24-23?.